The van der Waals surface area contributed by atoms with E-state index in [0.717, 1.165) is 18.5 Å². The number of nitrogens with zero attached hydrogens (tertiary/aromatic N) is 4. The highest BCUT2D eigenvalue weighted by Crippen LogP contribution is 2.17. The standard InChI is InChI=1S/C19H24FN5O2/c1-3-8-23-9-10-24(13-18(23)26)19(27)22-14(2)15-11-21-25(12-15)17-7-5-4-6-16(17)20/h4-7,11-12,14H,3,8-10,13H2,1-2H3,(H,22,27)/t14-/m0/s1. The maximum atomic E-state index is 13.9. The van der Waals surface area contributed by atoms with Crippen LogP contribution in [0, 0.1) is 5.82 Å². The highest BCUT2D eigenvalue weighted by molar-refractivity contribution is 5.85. The van der Waals surface area contributed by atoms with Gasteiger partial charge in [0.1, 0.15) is 18.0 Å². The number of carbonyl (C=O) groups excluding carboxylic acids is 2. The van der Waals surface area contributed by atoms with Crippen molar-refractivity contribution in [1.29, 1.82) is 0 Å². The molecule has 0 radical (unpaired) electrons. The van der Waals surface area contributed by atoms with E-state index < -0.39 is 0 Å². The predicted octanol–water partition coefficient (Wildman–Crippen LogP) is 2.34. The number of benzene rings is 1. The average Bonchev–Trinajstić information content (AvgIpc) is 3.14. The molecule has 0 unspecified atom stereocenters. The summed E-state index contributed by atoms with van der Waals surface area (Å²) in [5.74, 6) is -0.398. The van der Waals surface area contributed by atoms with E-state index in [1.165, 1.54) is 15.6 Å². The zero-order valence-electron chi connectivity index (χ0n) is 15.6. The summed E-state index contributed by atoms with van der Waals surface area (Å²) >= 11 is 0. The third-order valence-corrected chi connectivity index (χ3v) is 4.64. The molecule has 1 aromatic carbocycles. The van der Waals surface area contributed by atoms with Crippen molar-refractivity contribution >= 4 is 11.9 Å². The SMILES string of the molecule is CCCN1CCN(C(=O)N[C@@H](C)c2cnn(-c3ccccc3F)c2)CC1=O. The lowest BCUT2D eigenvalue weighted by molar-refractivity contribution is -0.134. The number of nitrogens with one attached hydrogen (secondary N) is 1. The fraction of sp³-hybridized carbons (Fsp3) is 0.421. The summed E-state index contributed by atoms with van der Waals surface area (Å²) in [6, 6.07) is 5.76. The molecule has 27 heavy (non-hydrogen) atoms. The Morgan fingerprint density at radius 1 is 1.33 bits per heavy atom. The van der Waals surface area contributed by atoms with Crippen LogP contribution in [-0.4, -0.2) is 57.7 Å². The van der Waals surface area contributed by atoms with Crippen LogP contribution in [0.3, 0.4) is 0 Å². The fourth-order valence-corrected chi connectivity index (χ4v) is 3.08. The molecule has 3 rings (SSSR count). The van der Waals surface area contributed by atoms with Crippen LogP contribution >= 0.6 is 0 Å². The van der Waals surface area contributed by atoms with E-state index in [4.69, 9.17) is 0 Å². The number of rotatable bonds is 5. The minimum atomic E-state index is -0.368. The van der Waals surface area contributed by atoms with Crippen LogP contribution in [0.5, 0.6) is 0 Å². The third-order valence-electron chi connectivity index (χ3n) is 4.64. The number of urea groups is 1. The lowest BCUT2D eigenvalue weighted by Crippen LogP contribution is -2.54. The first kappa shape index (κ1) is 18.9. The van der Waals surface area contributed by atoms with Crippen LogP contribution in [0.1, 0.15) is 31.9 Å². The molecule has 7 nitrogen and oxygen atoms in total. The molecule has 1 aliphatic rings. The van der Waals surface area contributed by atoms with Gasteiger partial charge in [0.05, 0.1) is 12.2 Å². The Morgan fingerprint density at radius 3 is 2.81 bits per heavy atom. The van der Waals surface area contributed by atoms with Crippen LogP contribution in [0.4, 0.5) is 9.18 Å². The van der Waals surface area contributed by atoms with E-state index in [-0.39, 0.29) is 30.3 Å². The molecule has 2 aromatic rings. The van der Waals surface area contributed by atoms with Crippen LogP contribution in [0.25, 0.3) is 5.69 Å². The van der Waals surface area contributed by atoms with Gasteiger partial charge in [-0.05, 0) is 25.5 Å². The van der Waals surface area contributed by atoms with Gasteiger partial charge in [-0.25, -0.2) is 13.9 Å². The summed E-state index contributed by atoms with van der Waals surface area (Å²) in [4.78, 5) is 27.9. The Labute approximate surface area is 157 Å². The molecule has 0 bridgehead atoms. The van der Waals surface area contributed by atoms with Gasteiger partial charge in [-0.3, -0.25) is 4.79 Å². The normalized spacial score (nSPS) is 15.7. The maximum absolute atomic E-state index is 13.9. The number of aromatic nitrogens is 2. The van der Waals surface area contributed by atoms with Crippen LogP contribution in [0.2, 0.25) is 0 Å². The maximum Gasteiger partial charge on any atom is 0.318 e. The van der Waals surface area contributed by atoms with Crippen molar-refractivity contribution in [2.45, 2.75) is 26.3 Å². The van der Waals surface area contributed by atoms with Crippen molar-refractivity contribution in [3.8, 4) is 5.69 Å². The molecule has 0 saturated carbocycles. The predicted molar refractivity (Wildman–Crippen MR) is 98.9 cm³/mol. The molecular formula is C19H24FN5O2. The number of piperazine rings is 1. The summed E-state index contributed by atoms with van der Waals surface area (Å²) in [7, 11) is 0. The molecule has 8 heteroatoms. The van der Waals surface area contributed by atoms with Crippen molar-refractivity contribution in [3.05, 3.63) is 48.0 Å². The Bertz CT molecular complexity index is 822. The van der Waals surface area contributed by atoms with Gasteiger partial charge in [0.2, 0.25) is 5.91 Å². The summed E-state index contributed by atoms with van der Waals surface area (Å²) in [5, 5.41) is 7.06. The molecule has 2 heterocycles. The second kappa shape index (κ2) is 8.20. The number of amides is 3. The zero-order valence-corrected chi connectivity index (χ0v) is 15.6. The molecule has 0 spiro atoms. The molecule has 1 aromatic heterocycles. The summed E-state index contributed by atoms with van der Waals surface area (Å²) in [6.45, 7) is 5.73. The topological polar surface area (TPSA) is 70.5 Å². The van der Waals surface area contributed by atoms with E-state index in [0.29, 0.717) is 18.8 Å². The monoisotopic (exact) mass is 373 g/mol. The van der Waals surface area contributed by atoms with Crippen LogP contribution in [-0.2, 0) is 4.79 Å². The number of halogens is 1. The van der Waals surface area contributed by atoms with E-state index in [2.05, 4.69) is 10.4 Å². The van der Waals surface area contributed by atoms with Gasteiger partial charge in [-0.1, -0.05) is 19.1 Å². The first-order valence-electron chi connectivity index (χ1n) is 9.12. The fourth-order valence-electron chi connectivity index (χ4n) is 3.08. The second-order valence-electron chi connectivity index (χ2n) is 6.64. The largest absolute Gasteiger partial charge is 0.339 e. The number of hydrogen-bond donors (Lipinski definition) is 1. The number of carbonyl (C=O) groups is 2. The van der Waals surface area contributed by atoms with Gasteiger partial charge < -0.3 is 15.1 Å². The van der Waals surface area contributed by atoms with E-state index >= 15 is 0 Å². The smallest absolute Gasteiger partial charge is 0.318 e. The van der Waals surface area contributed by atoms with Crippen molar-refractivity contribution in [1.82, 2.24) is 24.9 Å². The lowest BCUT2D eigenvalue weighted by atomic mass is 10.2. The van der Waals surface area contributed by atoms with Gasteiger partial charge >= 0.3 is 6.03 Å². The molecule has 1 atom stereocenters. The molecule has 1 aliphatic heterocycles. The third kappa shape index (κ3) is 4.27. The molecule has 1 fully saturated rings. The van der Waals surface area contributed by atoms with Crippen molar-refractivity contribution < 1.29 is 14.0 Å². The summed E-state index contributed by atoms with van der Waals surface area (Å²) in [6.07, 6.45) is 4.19. The first-order valence-corrected chi connectivity index (χ1v) is 9.12. The lowest BCUT2D eigenvalue weighted by Gasteiger charge is -2.34. The summed E-state index contributed by atoms with van der Waals surface area (Å²) in [5.41, 5.74) is 1.10. The molecule has 1 saturated heterocycles. The molecular weight excluding hydrogens is 349 g/mol. The van der Waals surface area contributed by atoms with Gasteiger partial charge in [0.15, 0.2) is 0 Å². The van der Waals surface area contributed by atoms with Gasteiger partial charge in [-0.15, -0.1) is 0 Å². The van der Waals surface area contributed by atoms with Crippen LogP contribution < -0.4 is 5.32 Å². The van der Waals surface area contributed by atoms with Crippen molar-refractivity contribution in [2.24, 2.45) is 0 Å². The number of para-hydroxylation sites is 1. The highest BCUT2D eigenvalue weighted by atomic mass is 19.1. The Kier molecular flexibility index (Phi) is 5.73. The van der Waals surface area contributed by atoms with E-state index in [1.807, 2.05) is 13.8 Å². The zero-order chi connectivity index (χ0) is 19.4. The molecule has 144 valence electrons. The molecule has 0 aliphatic carbocycles. The Balaban J connectivity index is 1.61. The minimum Gasteiger partial charge on any atom is -0.339 e. The quantitative estimate of drug-likeness (QED) is 0.875. The van der Waals surface area contributed by atoms with Crippen molar-refractivity contribution in [3.63, 3.8) is 0 Å². The summed E-state index contributed by atoms with van der Waals surface area (Å²) < 4.78 is 15.3. The average molecular weight is 373 g/mol. The van der Waals surface area contributed by atoms with E-state index in [9.17, 15) is 14.0 Å². The number of hydrogen-bond acceptors (Lipinski definition) is 3. The molecule has 3 amide bonds. The Hall–Kier alpha value is -2.90. The minimum absolute atomic E-state index is 0.0294. The van der Waals surface area contributed by atoms with Gasteiger partial charge in [0, 0.05) is 31.4 Å². The van der Waals surface area contributed by atoms with Gasteiger partial charge in [-0.2, -0.15) is 5.10 Å². The second-order valence-corrected chi connectivity index (χ2v) is 6.64. The van der Waals surface area contributed by atoms with Crippen LogP contribution in [0.15, 0.2) is 36.7 Å². The van der Waals surface area contributed by atoms with E-state index in [1.54, 1.807) is 35.5 Å². The van der Waals surface area contributed by atoms with Gasteiger partial charge in [0.25, 0.3) is 0 Å². The Morgan fingerprint density at radius 2 is 2.11 bits per heavy atom. The first-order chi connectivity index (χ1) is 13.0. The highest BCUT2D eigenvalue weighted by Gasteiger charge is 2.27. The molecule has 1 N–H and O–H groups in total. The van der Waals surface area contributed by atoms with Crippen molar-refractivity contribution in [2.75, 3.05) is 26.2 Å².